The average molecular weight is 401 g/mol. The maximum atomic E-state index is 13.1. The Morgan fingerprint density at radius 2 is 1.92 bits per heavy atom. The van der Waals surface area contributed by atoms with Crippen LogP contribution < -0.4 is 5.32 Å². The summed E-state index contributed by atoms with van der Waals surface area (Å²) in [4.78, 5) is 26.0. The number of amides is 2. The minimum absolute atomic E-state index is 0.119. The number of carbonyl (C=O) groups excluding carboxylic acids is 2. The van der Waals surface area contributed by atoms with Crippen LogP contribution in [0.25, 0.3) is 0 Å². The predicted octanol–water partition coefficient (Wildman–Crippen LogP) is 4.17. The highest BCUT2D eigenvalue weighted by molar-refractivity contribution is 9.10. The fourth-order valence-corrected chi connectivity index (χ4v) is 2.93. The normalized spacial score (nSPS) is 16.0. The van der Waals surface area contributed by atoms with Crippen LogP contribution >= 0.6 is 15.9 Å². The number of anilines is 1. The number of piperidine rings is 1. The highest BCUT2D eigenvalue weighted by Crippen LogP contribution is 2.26. The summed E-state index contributed by atoms with van der Waals surface area (Å²) in [5, 5.41) is 2.80. The second-order valence-electron chi connectivity index (χ2n) is 6.86. The molecule has 1 fully saturated rings. The average Bonchev–Trinajstić information content (AvgIpc) is 2.48. The summed E-state index contributed by atoms with van der Waals surface area (Å²) < 4.78 is 18.9. The fourth-order valence-electron chi connectivity index (χ4n) is 2.48. The van der Waals surface area contributed by atoms with Gasteiger partial charge in [-0.2, -0.15) is 0 Å². The molecule has 0 atom stereocenters. The molecule has 2 amide bonds. The fraction of sp³-hybridized carbons (Fsp3) is 0.529. The zero-order valence-corrected chi connectivity index (χ0v) is 15.7. The van der Waals surface area contributed by atoms with Gasteiger partial charge in [0, 0.05) is 23.5 Å². The molecule has 1 N–H and O–H groups in total. The van der Waals surface area contributed by atoms with Gasteiger partial charge in [0.05, 0.1) is 5.69 Å². The number of benzene rings is 1. The second-order valence-corrected chi connectivity index (χ2v) is 7.71. The number of rotatable bonds is 2. The molecule has 0 bridgehead atoms. The van der Waals surface area contributed by atoms with Crippen molar-refractivity contribution in [2.75, 3.05) is 18.4 Å². The van der Waals surface area contributed by atoms with E-state index >= 15 is 0 Å². The smallest absolute Gasteiger partial charge is 0.410 e. The van der Waals surface area contributed by atoms with Crippen molar-refractivity contribution in [3.63, 3.8) is 0 Å². The number of halogens is 2. The minimum atomic E-state index is -0.528. The molecule has 0 saturated carbocycles. The number of hydrogen-bond donors (Lipinski definition) is 1. The number of carbonyl (C=O) groups is 2. The molecular formula is C17H22BrFN2O3. The van der Waals surface area contributed by atoms with Crippen LogP contribution in [-0.2, 0) is 9.53 Å². The van der Waals surface area contributed by atoms with Gasteiger partial charge in [-0.25, -0.2) is 9.18 Å². The monoisotopic (exact) mass is 400 g/mol. The first-order valence-corrected chi connectivity index (χ1v) is 8.69. The van der Waals surface area contributed by atoms with Gasteiger partial charge in [-0.1, -0.05) is 0 Å². The van der Waals surface area contributed by atoms with Gasteiger partial charge in [0.15, 0.2) is 0 Å². The Balaban J connectivity index is 1.87. The Bertz CT molecular complexity index is 623. The van der Waals surface area contributed by atoms with Gasteiger partial charge in [0.25, 0.3) is 0 Å². The molecule has 24 heavy (non-hydrogen) atoms. The molecule has 0 spiro atoms. The van der Waals surface area contributed by atoms with Gasteiger partial charge in [-0.3, -0.25) is 4.79 Å². The lowest BCUT2D eigenvalue weighted by Crippen LogP contribution is -2.43. The van der Waals surface area contributed by atoms with Gasteiger partial charge in [-0.15, -0.1) is 0 Å². The topological polar surface area (TPSA) is 58.6 Å². The number of ether oxygens (including phenoxy) is 1. The van der Waals surface area contributed by atoms with Crippen molar-refractivity contribution < 1.29 is 18.7 Å². The Hall–Kier alpha value is -1.63. The summed E-state index contributed by atoms with van der Waals surface area (Å²) in [5.74, 6) is -0.669. The summed E-state index contributed by atoms with van der Waals surface area (Å²) in [6, 6.07) is 4.12. The summed E-state index contributed by atoms with van der Waals surface area (Å²) in [5.41, 5.74) is 0.0103. The minimum Gasteiger partial charge on any atom is -0.444 e. The third-order valence-electron chi connectivity index (χ3n) is 3.71. The molecule has 1 aliphatic heterocycles. The van der Waals surface area contributed by atoms with Crippen molar-refractivity contribution in [3.8, 4) is 0 Å². The SMILES string of the molecule is CC(C)(C)OC(=O)N1CCC(C(=O)Nc2ccc(F)cc2Br)CC1. The molecule has 7 heteroatoms. The predicted molar refractivity (Wildman–Crippen MR) is 93.3 cm³/mol. The van der Waals surface area contributed by atoms with Gasteiger partial charge in [0.1, 0.15) is 11.4 Å². The van der Waals surface area contributed by atoms with Crippen LogP contribution in [-0.4, -0.2) is 35.6 Å². The highest BCUT2D eigenvalue weighted by atomic mass is 79.9. The van der Waals surface area contributed by atoms with Crippen LogP contribution in [0.1, 0.15) is 33.6 Å². The molecule has 0 aromatic heterocycles. The number of nitrogens with zero attached hydrogens (tertiary/aromatic N) is 1. The lowest BCUT2D eigenvalue weighted by Gasteiger charge is -2.33. The van der Waals surface area contributed by atoms with Crippen LogP contribution in [0, 0.1) is 11.7 Å². The first kappa shape index (κ1) is 18.7. The summed E-state index contributed by atoms with van der Waals surface area (Å²) in [6.07, 6.45) is 0.802. The first-order chi connectivity index (χ1) is 11.2. The van der Waals surface area contributed by atoms with Crippen molar-refractivity contribution in [1.82, 2.24) is 4.90 Å². The molecule has 1 saturated heterocycles. The highest BCUT2D eigenvalue weighted by Gasteiger charge is 2.30. The molecule has 1 aromatic carbocycles. The zero-order valence-electron chi connectivity index (χ0n) is 14.1. The van der Waals surface area contributed by atoms with E-state index in [1.165, 1.54) is 18.2 Å². The maximum Gasteiger partial charge on any atom is 0.410 e. The third kappa shape index (κ3) is 5.19. The van der Waals surface area contributed by atoms with Crippen molar-refractivity contribution >= 4 is 33.6 Å². The molecule has 0 unspecified atom stereocenters. The molecule has 1 heterocycles. The number of likely N-dealkylation sites (tertiary alicyclic amines) is 1. The van der Waals surface area contributed by atoms with Crippen molar-refractivity contribution in [2.24, 2.45) is 5.92 Å². The van der Waals surface area contributed by atoms with E-state index in [2.05, 4.69) is 21.2 Å². The quantitative estimate of drug-likeness (QED) is 0.809. The molecule has 1 aliphatic rings. The molecular weight excluding hydrogens is 379 g/mol. The molecule has 0 aliphatic carbocycles. The number of hydrogen-bond acceptors (Lipinski definition) is 3. The lowest BCUT2D eigenvalue weighted by atomic mass is 9.96. The molecule has 5 nitrogen and oxygen atoms in total. The second kappa shape index (κ2) is 7.51. The maximum absolute atomic E-state index is 13.1. The standard InChI is InChI=1S/C17H22BrFN2O3/c1-17(2,3)24-16(23)21-8-6-11(7-9-21)15(22)20-14-5-4-12(19)10-13(14)18/h4-5,10-11H,6-9H2,1-3H3,(H,20,22). The molecule has 0 radical (unpaired) electrons. The zero-order chi connectivity index (χ0) is 17.9. The molecule has 1 aromatic rings. The van der Waals surface area contributed by atoms with Crippen LogP contribution in [0.2, 0.25) is 0 Å². The van der Waals surface area contributed by atoms with Crippen molar-refractivity contribution in [2.45, 2.75) is 39.2 Å². The summed E-state index contributed by atoms with van der Waals surface area (Å²) in [6.45, 7) is 6.44. The first-order valence-electron chi connectivity index (χ1n) is 7.89. The van der Waals surface area contributed by atoms with E-state index in [9.17, 15) is 14.0 Å². The number of nitrogens with one attached hydrogen (secondary N) is 1. The molecule has 2 rings (SSSR count). The van der Waals surface area contributed by atoms with Gasteiger partial charge in [0.2, 0.25) is 5.91 Å². The van der Waals surface area contributed by atoms with Gasteiger partial charge >= 0.3 is 6.09 Å². The van der Waals surface area contributed by atoms with Crippen LogP contribution in [0.3, 0.4) is 0 Å². The van der Waals surface area contributed by atoms with Crippen LogP contribution in [0.5, 0.6) is 0 Å². The van der Waals surface area contributed by atoms with Crippen LogP contribution in [0.15, 0.2) is 22.7 Å². The van der Waals surface area contributed by atoms with E-state index in [1.807, 2.05) is 20.8 Å². The Morgan fingerprint density at radius 1 is 1.29 bits per heavy atom. The Morgan fingerprint density at radius 3 is 2.46 bits per heavy atom. The summed E-state index contributed by atoms with van der Waals surface area (Å²) >= 11 is 3.23. The van der Waals surface area contributed by atoms with E-state index in [4.69, 9.17) is 4.74 Å². The van der Waals surface area contributed by atoms with E-state index in [0.717, 1.165) is 0 Å². The Labute approximate surface area is 149 Å². The van der Waals surface area contributed by atoms with E-state index in [0.29, 0.717) is 36.1 Å². The largest absolute Gasteiger partial charge is 0.444 e. The van der Waals surface area contributed by atoms with E-state index in [-0.39, 0.29) is 23.7 Å². The third-order valence-corrected chi connectivity index (χ3v) is 4.36. The van der Waals surface area contributed by atoms with Crippen molar-refractivity contribution in [3.05, 3.63) is 28.5 Å². The lowest BCUT2D eigenvalue weighted by molar-refractivity contribution is -0.121. The van der Waals surface area contributed by atoms with Crippen LogP contribution in [0.4, 0.5) is 14.9 Å². The molecule has 132 valence electrons. The van der Waals surface area contributed by atoms with Crippen molar-refractivity contribution in [1.29, 1.82) is 0 Å². The van der Waals surface area contributed by atoms with E-state index < -0.39 is 5.60 Å². The summed E-state index contributed by atoms with van der Waals surface area (Å²) in [7, 11) is 0. The van der Waals surface area contributed by atoms with E-state index in [1.54, 1.807) is 4.90 Å². The van der Waals surface area contributed by atoms with Gasteiger partial charge in [-0.05, 0) is 67.7 Å². The van der Waals surface area contributed by atoms with Gasteiger partial charge < -0.3 is 15.0 Å². The Kier molecular flexibility index (Phi) is 5.85.